The molecule has 0 saturated heterocycles. The number of benzene rings is 1. The first-order valence-electron chi connectivity index (χ1n) is 8.63. The standard InChI is InChI=1S/C18H22N4OS/c23-17(19-15-9-13-6-7-14(15)8-13)11-24-18-20-16(21-22-18)10-12-4-2-1-3-5-12/h1-5,13-15H,6-11H2,(H,19,23)(H,20,21,22)/t13-,14+,15+/m1/s1. The van der Waals surface area contributed by atoms with Crippen LogP contribution in [0.5, 0.6) is 0 Å². The van der Waals surface area contributed by atoms with E-state index in [0.717, 1.165) is 18.2 Å². The van der Waals surface area contributed by atoms with Crippen LogP contribution >= 0.6 is 11.8 Å². The number of carbonyl (C=O) groups excluding carboxylic acids is 1. The van der Waals surface area contributed by atoms with Crippen LogP contribution in [0.2, 0.25) is 0 Å². The Kier molecular flexibility index (Phi) is 4.56. The van der Waals surface area contributed by atoms with Crippen LogP contribution in [0.4, 0.5) is 0 Å². The minimum absolute atomic E-state index is 0.104. The molecule has 126 valence electrons. The van der Waals surface area contributed by atoms with Crippen molar-refractivity contribution < 1.29 is 4.79 Å². The van der Waals surface area contributed by atoms with Gasteiger partial charge in [0, 0.05) is 12.5 Å². The number of nitrogens with zero attached hydrogens (tertiary/aromatic N) is 2. The van der Waals surface area contributed by atoms with E-state index >= 15 is 0 Å². The Morgan fingerprint density at radius 3 is 2.88 bits per heavy atom. The SMILES string of the molecule is O=C(CSc1n[nH]c(Cc2ccccc2)n1)N[C@H]1C[C@@H]2CC[C@H]1C2. The second-order valence-electron chi connectivity index (χ2n) is 6.86. The second-order valence-corrected chi connectivity index (χ2v) is 7.81. The molecule has 0 unspecified atom stereocenters. The summed E-state index contributed by atoms with van der Waals surface area (Å²) in [5.41, 5.74) is 1.19. The van der Waals surface area contributed by atoms with Crippen LogP contribution in [0, 0.1) is 11.8 Å². The molecule has 2 bridgehead atoms. The molecule has 1 aromatic heterocycles. The molecule has 1 aromatic carbocycles. The van der Waals surface area contributed by atoms with Gasteiger partial charge in [-0.2, -0.15) is 0 Å². The van der Waals surface area contributed by atoms with Gasteiger partial charge >= 0.3 is 0 Å². The van der Waals surface area contributed by atoms with Crippen molar-refractivity contribution in [3.8, 4) is 0 Å². The molecule has 2 N–H and O–H groups in total. The lowest BCUT2D eigenvalue weighted by atomic mass is 9.95. The minimum Gasteiger partial charge on any atom is -0.352 e. The average Bonchev–Trinajstić information content (AvgIpc) is 3.31. The molecule has 0 radical (unpaired) electrons. The maximum atomic E-state index is 12.1. The van der Waals surface area contributed by atoms with E-state index in [9.17, 15) is 4.79 Å². The van der Waals surface area contributed by atoms with Gasteiger partial charge in [0.15, 0.2) is 0 Å². The second kappa shape index (κ2) is 6.97. The fraction of sp³-hybridized carbons (Fsp3) is 0.500. The van der Waals surface area contributed by atoms with E-state index in [1.807, 2.05) is 18.2 Å². The van der Waals surface area contributed by atoms with E-state index < -0.39 is 0 Å². The summed E-state index contributed by atoms with van der Waals surface area (Å²) in [6.45, 7) is 0. The van der Waals surface area contributed by atoms with Gasteiger partial charge in [-0.15, -0.1) is 5.10 Å². The first-order chi connectivity index (χ1) is 11.8. The summed E-state index contributed by atoms with van der Waals surface area (Å²) < 4.78 is 0. The molecule has 1 heterocycles. The van der Waals surface area contributed by atoms with Gasteiger partial charge in [0.1, 0.15) is 5.82 Å². The van der Waals surface area contributed by atoms with Crippen molar-refractivity contribution in [3.63, 3.8) is 0 Å². The number of hydrogen-bond acceptors (Lipinski definition) is 4. The van der Waals surface area contributed by atoms with E-state index in [1.54, 1.807) is 0 Å². The molecular weight excluding hydrogens is 320 g/mol. The van der Waals surface area contributed by atoms with Gasteiger partial charge in [-0.25, -0.2) is 4.98 Å². The number of fused-ring (bicyclic) bond motifs is 2. The average molecular weight is 342 g/mol. The van der Waals surface area contributed by atoms with Crippen LogP contribution < -0.4 is 5.32 Å². The molecule has 1 amide bonds. The molecule has 6 heteroatoms. The van der Waals surface area contributed by atoms with Crippen molar-refractivity contribution in [3.05, 3.63) is 41.7 Å². The summed E-state index contributed by atoms with van der Waals surface area (Å²) in [6.07, 6.45) is 5.84. The lowest BCUT2D eigenvalue weighted by Crippen LogP contribution is -2.39. The summed E-state index contributed by atoms with van der Waals surface area (Å²) in [7, 11) is 0. The van der Waals surface area contributed by atoms with Crippen molar-refractivity contribution >= 4 is 17.7 Å². The number of amides is 1. The number of hydrogen-bond donors (Lipinski definition) is 2. The fourth-order valence-electron chi connectivity index (χ4n) is 4.01. The Labute approximate surface area is 146 Å². The number of thioether (sulfide) groups is 1. The zero-order chi connectivity index (χ0) is 16.4. The largest absolute Gasteiger partial charge is 0.352 e. The van der Waals surface area contributed by atoms with Gasteiger partial charge in [0.2, 0.25) is 11.1 Å². The van der Waals surface area contributed by atoms with E-state index in [4.69, 9.17) is 0 Å². The molecule has 2 aliphatic carbocycles. The fourth-order valence-corrected chi connectivity index (χ4v) is 4.64. The Balaban J connectivity index is 1.25. The molecule has 3 atom stereocenters. The Morgan fingerprint density at radius 2 is 2.12 bits per heavy atom. The van der Waals surface area contributed by atoms with Crippen molar-refractivity contribution in [1.82, 2.24) is 20.5 Å². The van der Waals surface area contributed by atoms with Crippen LogP contribution in [-0.2, 0) is 11.2 Å². The molecule has 0 aliphatic heterocycles. The Hall–Kier alpha value is -1.82. The van der Waals surface area contributed by atoms with Gasteiger partial charge in [-0.3, -0.25) is 9.89 Å². The van der Waals surface area contributed by atoms with Gasteiger partial charge in [0.25, 0.3) is 0 Å². The third-order valence-electron chi connectivity index (χ3n) is 5.14. The van der Waals surface area contributed by atoms with Gasteiger partial charge in [-0.1, -0.05) is 48.5 Å². The van der Waals surface area contributed by atoms with E-state index in [-0.39, 0.29) is 5.91 Å². The van der Waals surface area contributed by atoms with Crippen LogP contribution in [-0.4, -0.2) is 32.9 Å². The highest BCUT2D eigenvalue weighted by Crippen LogP contribution is 2.44. The zero-order valence-corrected chi connectivity index (χ0v) is 14.4. The molecule has 0 spiro atoms. The summed E-state index contributed by atoms with van der Waals surface area (Å²) in [4.78, 5) is 16.6. The number of aromatic nitrogens is 3. The summed E-state index contributed by atoms with van der Waals surface area (Å²) in [6, 6.07) is 10.6. The Bertz CT molecular complexity index is 702. The summed E-state index contributed by atoms with van der Waals surface area (Å²) in [5, 5.41) is 11.0. The van der Waals surface area contributed by atoms with Gasteiger partial charge in [-0.05, 0) is 36.7 Å². The minimum atomic E-state index is 0.104. The van der Waals surface area contributed by atoms with E-state index in [0.29, 0.717) is 22.9 Å². The monoisotopic (exact) mass is 342 g/mol. The third-order valence-corrected chi connectivity index (χ3v) is 5.99. The third kappa shape index (κ3) is 3.64. The number of aromatic amines is 1. The number of rotatable bonds is 6. The molecule has 2 fully saturated rings. The predicted octanol–water partition coefficient (Wildman–Crippen LogP) is 2.79. The highest BCUT2D eigenvalue weighted by molar-refractivity contribution is 7.99. The molecule has 2 aliphatic rings. The Morgan fingerprint density at radius 1 is 1.25 bits per heavy atom. The first-order valence-corrected chi connectivity index (χ1v) is 9.62. The van der Waals surface area contributed by atoms with E-state index in [1.165, 1.54) is 43.0 Å². The molecule has 5 nitrogen and oxygen atoms in total. The quantitative estimate of drug-likeness (QED) is 0.792. The highest BCUT2D eigenvalue weighted by Gasteiger charge is 2.39. The lowest BCUT2D eigenvalue weighted by molar-refractivity contribution is -0.119. The molecule has 2 aromatic rings. The maximum Gasteiger partial charge on any atom is 0.230 e. The molecule has 2 saturated carbocycles. The van der Waals surface area contributed by atoms with Crippen LogP contribution in [0.25, 0.3) is 0 Å². The number of H-pyrrole nitrogens is 1. The summed E-state index contributed by atoms with van der Waals surface area (Å²) >= 11 is 1.40. The maximum absolute atomic E-state index is 12.1. The number of carbonyl (C=O) groups is 1. The first kappa shape index (κ1) is 15.7. The predicted molar refractivity (Wildman–Crippen MR) is 93.7 cm³/mol. The van der Waals surface area contributed by atoms with Gasteiger partial charge in [0.05, 0.1) is 5.75 Å². The zero-order valence-electron chi connectivity index (χ0n) is 13.6. The smallest absolute Gasteiger partial charge is 0.230 e. The molecular formula is C18H22N4OS. The molecule has 24 heavy (non-hydrogen) atoms. The lowest BCUT2D eigenvalue weighted by Gasteiger charge is -2.22. The summed E-state index contributed by atoms with van der Waals surface area (Å²) in [5.74, 6) is 2.88. The molecule has 4 rings (SSSR count). The van der Waals surface area contributed by atoms with Crippen LogP contribution in [0.1, 0.15) is 37.1 Å². The van der Waals surface area contributed by atoms with E-state index in [2.05, 4.69) is 32.6 Å². The van der Waals surface area contributed by atoms with Crippen molar-refractivity contribution in [2.24, 2.45) is 11.8 Å². The van der Waals surface area contributed by atoms with Crippen molar-refractivity contribution in [2.45, 2.75) is 43.3 Å². The van der Waals surface area contributed by atoms with Crippen molar-refractivity contribution in [1.29, 1.82) is 0 Å². The topological polar surface area (TPSA) is 70.7 Å². The van der Waals surface area contributed by atoms with Crippen LogP contribution in [0.15, 0.2) is 35.5 Å². The van der Waals surface area contributed by atoms with Crippen LogP contribution in [0.3, 0.4) is 0 Å². The van der Waals surface area contributed by atoms with Crippen molar-refractivity contribution in [2.75, 3.05) is 5.75 Å². The normalized spacial score (nSPS) is 25.1. The van der Waals surface area contributed by atoms with Gasteiger partial charge < -0.3 is 5.32 Å². The highest BCUT2D eigenvalue weighted by atomic mass is 32.2. The number of nitrogens with one attached hydrogen (secondary N) is 2.